The average Bonchev–Trinajstić information content (AvgIpc) is 3.19. The molecule has 0 unspecified atom stereocenters. The van der Waals surface area contributed by atoms with Gasteiger partial charge in [-0.1, -0.05) is 12.0 Å². The largest absolute Gasteiger partial charge is 0.494 e. The Morgan fingerprint density at radius 2 is 1.90 bits per heavy atom. The number of nitrogens with zero attached hydrogens (tertiary/aromatic N) is 2. The highest BCUT2D eigenvalue weighted by Crippen LogP contribution is 2.31. The van der Waals surface area contributed by atoms with Gasteiger partial charge >= 0.3 is 6.18 Å². The first-order valence-electron chi connectivity index (χ1n) is 11.9. The minimum atomic E-state index is -4.48. The van der Waals surface area contributed by atoms with Crippen LogP contribution in [0.3, 0.4) is 0 Å². The number of ether oxygens (including phenoxy) is 1. The zero-order chi connectivity index (χ0) is 28.4. The van der Waals surface area contributed by atoms with Crippen LogP contribution >= 0.6 is 0 Å². The van der Waals surface area contributed by atoms with E-state index in [0.29, 0.717) is 35.1 Å². The molecule has 1 aromatic carbocycles. The van der Waals surface area contributed by atoms with Crippen LogP contribution in [0.25, 0.3) is 10.9 Å². The number of alkyl halides is 3. The number of anilines is 2. The standard InChI is InChI=1S/C25H27F3N4O5S2/c1-37-23-14-24(38(2,33)34)30-15-21(23)29-10-4-5-18-13-19-20(31-17-8-11-39(35,36)12-9-17)6-3-7-22(19)32(18)16-25(26,27)28/h3,6-7,13-15,17,29,31H,8-12,16H2,1-2H3. The van der Waals surface area contributed by atoms with Crippen LogP contribution in [0.15, 0.2) is 41.6 Å². The molecule has 1 saturated heterocycles. The highest BCUT2D eigenvalue weighted by atomic mass is 32.2. The topological polar surface area (TPSA) is 119 Å². The van der Waals surface area contributed by atoms with Gasteiger partial charge in [-0.05, 0) is 37.0 Å². The molecule has 1 aliphatic heterocycles. The molecule has 3 heterocycles. The molecule has 0 radical (unpaired) electrons. The number of sulfone groups is 2. The van der Waals surface area contributed by atoms with Crippen molar-refractivity contribution in [1.82, 2.24) is 9.55 Å². The van der Waals surface area contributed by atoms with Gasteiger partial charge in [0.25, 0.3) is 0 Å². The maximum absolute atomic E-state index is 13.5. The van der Waals surface area contributed by atoms with Gasteiger partial charge in [0, 0.05) is 29.4 Å². The molecular weight excluding hydrogens is 557 g/mol. The summed E-state index contributed by atoms with van der Waals surface area (Å²) in [5.41, 5.74) is 1.49. The van der Waals surface area contributed by atoms with Gasteiger partial charge in [0.1, 0.15) is 22.1 Å². The zero-order valence-corrected chi connectivity index (χ0v) is 22.8. The van der Waals surface area contributed by atoms with Gasteiger partial charge < -0.3 is 19.9 Å². The maximum Gasteiger partial charge on any atom is 0.406 e. The van der Waals surface area contributed by atoms with E-state index in [2.05, 4.69) is 27.5 Å². The minimum absolute atomic E-state index is 0.0193. The molecule has 0 saturated carbocycles. The number of methoxy groups -OCH3 is 1. The second-order valence-corrected chi connectivity index (χ2v) is 13.5. The molecule has 14 heteroatoms. The Balaban J connectivity index is 1.60. The molecule has 1 aliphatic rings. The smallest absolute Gasteiger partial charge is 0.406 e. The van der Waals surface area contributed by atoms with E-state index in [1.165, 1.54) is 19.4 Å². The summed E-state index contributed by atoms with van der Waals surface area (Å²) in [6.45, 7) is -1.21. The maximum atomic E-state index is 13.5. The van der Waals surface area contributed by atoms with Crippen molar-refractivity contribution >= 4 is 42.0 Å². The summed E-state index contributed by atoms with van der Waals surface area (Å²) >= 11 is 0. The van der Waals surface area contributed by atoms with Gasteiger partial charge in [-0.3, -0.25) is 0 Å². The zero-order valence-electron chi connectivity index (χ0n) is 21.2. The third-order valence-corrected chi connectivity index (χ3v) is 8.92. The molecular formula is C25H27F3N4O5S2. The van der Waals surface area contributed by atoms with E-state index >= 15 is 0 Å². The summed E-state index contributed by atoms with van der Waals surface area (Å²) in [5, 5.41) is 6.63. The predicted octanol–water partition coefficient (Wildman–Crippen LogP) is 3.46. The van der Waals surface area contributed by atoms with Crippen LogP contribution in [0.4, 0.5) is 24.5 Å². The fourth-order valence-corrected chi connectivity index (χ4v) is 6.37. The van der Waals surface area contributed by atoms with Crippen LogP contribution in [0.1, 0.15) is 18.5 Å². The first kappa shape index (κ1) is 28.6. The van der Waals surface area contributed by atoms with Gasteiger partial charge in [-0.2, -0.15) is 13.2 Å². The van der Waals surface area contributed by atoms with E-state index in [4.69, 9.17) is 4.74 Å². The quantitative estimate of drug-likeness (QED) is 0.406. The molecule has 0 atom stereocenters. The fourth-order valence-electron chi connectivity index (χ4n) is 4.32. The molecule has 1 fully saturated rings. The van der Waals surface area contributed by atoms with Crippen molar-refractivity contribution in [1.29, 1.82) is 0 Å². The summed E-state index contributed by atoms with van der Waals surface area (Å²) in [6.07, 6.45) is -1.34. The Labute approximate surface area is 224 Å². The molecule has 0 amide bonds. The number of aromatic nitrogens is 2. The Morgan fingerprint density at radius 1 is 1.18 bits per heavy atom. The highest BCUT2D eigenvalue weighted by molar-refractivity contribution is 7.91. The molecule has 0 bridgehead atoms. The average molecular weight is 585 g/mol. The predicted molar refractivity (Wildman–Crippen MR) is 143 cm³/mol. The summed E-state index contributed by atoms with van der Waals surface area (Å²) < 4.78 is 93.7. The van der Waals surface area contributed by atoms with Crippen LogP contribution in [0, 0.1) is 11.8 Å². The monoisotopic (exact) mass is 584 g/mol. The molecule has 4 rings (SSSR count). The first-order valence-corrected chi connectivity index (χ1v) is 15.6. The van der Waals surface area contributed by atoms with E-state index in [9.17, 15) is 30.0 Å². The second-order valence-electron chi connectivity index (χ2n) is 9.19. The van der Waals surface area contributed by atoms with Crippen LogP contribution in [0.2, 0.25) is 0 Å². The number of hydrogen-bond acceptors (Lipinski definition) is 8. The van der Waals surface area contributed by atoms with Crippen LogP contribution in [0.5, 0.6) is 5.75 Å². The van der Waals surface area contributed by atoms with Crippen molar-refractivity contribution in [2.75, 3.05) is 42.0 Å². The summed E-state index contributed by atoms with van der Waals surface area (Å²) in [5.74, 6) is 5.96. The molecule has 0 spiro atoms. The lowest BCUT2D eigenvalue weighted by molar-refractivity contribution is -0.140. The van der Waals surface area contributed by atoms with Gasteiger partial charge in [0.2, 0.25) is 0 Å². The van der Waals surface area contributed by atoms with Gasteiger partial charge in [-0.15, -0.1) is 0 Å². The molecule has 2 aromatic heterocycles. The van der Waals surface area contributed by atoms with E-state index in [1.54, 1.807) is 24.3 Å². The van der Waals surface area contributed by atoms with Crippen LogP contribution < -0.4 is 15.4 Å². The number of rotatable bonds is 7. The van der Waals surface area contributed by atoms with Crippen molar-refractivity contribution in [3.8, 4) is 17.6 Å². The van der Waals surface area contributed by atoms with E-state index in [0.717, 1.165) is 10.8 Å². The molecule has 210 valence electrons. The SMILES string of the molecule is COc1cc(S(C)(=O)=O)ncc1NCC#Cc1cc2c(NC3CCS(=O)(=O)CC3)cccc2n1CC(F)(F)F. The number of pyridine rings is 1. The second kappa shape index (κ2) is 11.0. The molecule has 9 nitrogen and oxygen atoms in total. The molecule has 39 heavy (non-hydrogen) atoms. The van der Waals surface area contributed by atoms with E-state index in [1.807, 2.05) is 0 Å². The molecule has 3 aromatic rings. The summed E-state index contributed by atoms with van der Waals surface area (Å²) in [7, 11) is -5.22. The Hall–Kier alpha value is -3.44. The minimum Gasteiger partial charge on any atom is -0.494 e. The fraction of sp³-hybridized carbons (Fsp3) is 0.400. The number of halogens is 3. The van der Waals surface area contributed by atoms with Crippen LogP contribution in [-0.4, -0.2) is 70.0 Å². The lowest BCUT2D eigenvalue weighted by atomic mass is 10.1. The summed E-state index contributed by atoms with van der Waals surface area (Å²) in [6, 6.07) is 7.72. The van der Waals surface area contributed by atoms with E-state index in [-0.39, 0.29) is 40.6 Å². The number of fused-ring (bicyclic) bond motifs is 1. The lowest BCUT2D eigenvalue weighted by Crippen LogP contribution is -2.32. The number of benzene rings is 1. The Morgan fingerprint density at radius 3 is 2.54 bits per heavy atom. The van der Waals surface area contributed by atoms with Crippen molar-refractivity contribution in [3.05, 3.63) is 42.2 Å². The van der Waals surface area contributed by atoms with Gasteiger partial charge in [0.05, 0.1) is 48.3 Å². The lowest BCUT2D eigenvalue weighted by Gasteiger charge is -2.24. The first-order chi connectivity index (χ1) is 18.3. The third kappa shape index (κ3) is 7.15. The number of hydrogen-bond donors (Lipinski definition) is 2. The van der Waals surface area contributed by atoms with Crippen molar-refractivity contribution in [2.24, 2.45) is 0 Å². The van der Waals surface area contributed by atoms with Crippen molar-refractivity contribution in [3.63, 3.8) is 0 Å². The Bertz CT molecular complexity index is 1640. The van der Waals surface area contributed by atoms with E-state index < -0.39 is 32.4 Å². The van der Waals surface area contributed by atoms with Gasteiger partial charge in [0.15, 0.2) is 14.9 Å². The Kier molecular flexibility index (Phi) is 8.04. The van der Waals surface area contributed by atoms with Crippen molar-refractivity contribution in [2.45, 2.75) is 36.6 Å². The van der Waals surface area contributed by atoms with Crippen molar-refractivity contribution < 1.29 is 34.7 Å². The third-order valence-electron chi connectivity index (χ3n) is 6.22. The summed E-state index contributed by atoms with van der Waals surface area (Å²) in [4.78, 5) is 3.90. The molecule has 2 N–H and O–H groups in total. The normalized spacial score (nSPS) is 15.9. The van der Waals surface area contributed by atoms with Gasteiger partial charge in [-0.25, -0.2) is 21.8 Å². The molecule has 0 aliphatic carbocycles. The number of nitrogens with one attached hydrogen (secondary N) is 2. The van der Waals surface area contributed by atoms with Crippen LogP contribution in [-0.2, 0) is 26.2 Å². The highest BCUT2D eigenvalue weighted by Gasteiger charge is 2.30.